The van der Waals surface area contributed by atoms with Crippen molar-refractivity contribution in [3.05, 3.63) is 34.4 Å². The van der Waals surface area contributed by atoms with E-state index in [2.05, 4.69) is 26.2 Å². The zero-order valence-electron chi connectivity index (χ0n) is 7.61. The summed E-state index contributed by atoms with van der Waals surface area (Å²) in [6.45, 7) is 1.83. The molecular formula is C9H9BrN4. The van der Waals surface area contributed by atoms with Crippen molar-refractivity contribution in [2.24, 2.45) is 0 Å². The first kappa shape index (κ1) is 9.21. The Morgan fingerprint density at radius 2 is 2.21 bits per heavy atom. The summed E-state index contributed by atoms with van der Waals surface area (Å²) >= 11 is 3.39. The van der Waals surface area contributed by atoms with Gasteiger partial charge in [-0.15, -0.1) is 5.10 Å². The van der Waals surface area contributed by atoms with E-state index >= 15 is 0 Å². The van der Waals surface area contributed by atoms with Crippen molar-refractivity contribution >= 4 is 21.7 Å². The molecule has 0 atom stereocenters. The van der Waals surface area contributed by atoms with Crippen molar-refractivity contribution in [1.82, 2.24) is 15.0 Å². The number of halogens is 1. The van der Waals surface area contributed by atoms with Crippen molar-refractivity contribution in [3.8, 4) is 5.69 Å². The Morgan fingerprint density at radius 1 is 1.43 bits per heavy atom. The van der Waals surface area contributed by atoms with Crippen LogP contribution >= 0.6 is 15.9 Å². The molecule has 2 N–H and O–H groups in total. The molecule has 72 valence electrons. The first-order valence-corrected chi connectivity index (χ1v) is 4.91. The third-order valence-corrected chi connectivity index (χ3v) is 2.43. The van der Waals surface area contributed by atoms with Gasteiger partial charge in [-0.3, -0.25) is 0 Å². The highest BCUT2D eigenvalue weighted by Crippen LogP contribution is 2.18. The van der Waals surface area contributed by atoms with Crippen LogP contribution in [0.3, 0.4) is 0 Å². The van der Waals surface area contributed by atoms with Gasteiger partial charge in [0.15, 0.2) is 5.82 Å². The molecule has 0 fully saturated rings. The highest BCUT2D eigenvalue weighted by Gasteiger charge is 2.06. The summed E-state index contributed by atoms with van der Waals surface area (Å²) in [6, 6.07) is 7.74. The van der Waals surface area contributed by atoms with E-state index in [9.17, 15) is 0 Å². The van der Waals surface area contributed by atoms with Crippen LogP contribution in [0.1, 0.15) is 5.69 Å². The topological polar surface area (TPSA) is 56.7 Å². The van der Waals surface area contributed by atoms with Gasteiger partial charge >= 0.3 is 0 Å². The van der Waals surface area contributed by atoms with Gasteiger partial charge in [-0.2, -0.15) is 4.68 Å². The quantitative estimate of drug-likeness (QED) is 0.844. The van der Waals surface area contributed by atoms with Crippen LogP contribution in [0.4, 0.5) is 5.82 Å². The Balaban J connectivity index is 2.55. The lowest BCUT2D eigenvalue weighted by Gasteiger charge is -2.02. The van der Waals surface area contributed by atoms with E-state index in [0.717, 1.165) is 15.9 Å². The first-order chi connectivity index (χ1) is 6.68. The Kier molecular flexibility index (Phi) is 2.25. The lowest BCUT2D eigenvalue weighted by atomic mass is 10.3. The van der Waals surface area contributed by atoms with Gasteiger partial charge in [0.05, 0.1) is 5.69 Å². The minimum Gasteiger partial charge on any atom is -0.382 e. The van der Waals surface area contributed by atoms with Gasteiger partial charge in [0.1, 0.15) is 5.69 Å². The summed E-state index contributed by atoms with van der Waals surface area (Å²) in [6.07, 6.45) is 0. The average Bonchev–Trinajstić information content (AvgIpc) is 2.48. The molecule has 0 saturated heterocycles. The Hall–Kier alpha value is -1.36. The van der Waals surface area contributed by atoms with Crippen LogP contribution in [0, 0.1) is 6.92 Å². The Morgan fingerprint density at radius 3 is 2.79 bits per heavy atom. The molecule has 14 heavy (non-hydrogen) atoms. The lowest BCUT2D eigenvalue weighted by molar-refractivity contribution is 0.806. The molecule has 0 saturated carbocycles. The number of hydrogen-bond donors (Lipinski definition) is 1. The van der Waals surface area contributed by atoms with Gasteiger partial charge in [-0.25, -0.2) is 0 Å². The molecule has 0 radical (unpaired) electrons. The number of nitrogen functional groups attached to an aromatic ring is 1. The molecule has 1 aromatic carbocycles. The molecule has 2 aromatic rings. The summed E-state index contributed by atoms with van der Waals surface area (Å²) in [5.41, 5.74) is 7.45. The molecule has 0 aliphatic carbocycles. The van der Waals surface area contributed by atoms with E-state index in [4.69, 9.17) is 5.73 Å². The predicted octanol–water partition coefficient (Wildman–Crippen LogP) is 1.92. The fourth-order valence-corrected chi connectivity index (χ4v) is 1.55. The summed E-state index contributed by atoms with van der Waals surface area (Å²) in [7, 11) is 0. The van der Waals surface area contributed by atoms with Gasteiger partial charge in [0.2, 0.25) is 0 Å². The molecule has 1 aromatic heterocycles. The number of hydrogen-bond acceptors (Lipinski definition) is 3. The summed E-state index contributed by atoms with van der Waals surface area (Å²) in [5, 5.41) is 7.84. The van der Waals surface area contributed by atoms with Crippen molar-refractivity contribution in [2.75, 3.05) is 5.73 Å². The van der Waals surface area contributed by atoms with E-state index in [1.807, 2.05) is 31.2 Å². The van der Waals surface area contributed by atoms with Gasteiger partial charge < -0.3 is 5.73 Å². The second kappa shape index (κ2) is 3.42. The monoisotopic (exact) mass is 252 g/mol. The lowest BCUT2D eigenvalue weighted by Crippen LogP contribution is -2.02. The molecule has 2 rings (SSSR count). The Labute approximate surface area is 89.9 Å². The number of aromatic nitrogens is 3. The number of benzene rings is 1. The molecule has 1 heterocycles. The highest BCUT2D eigenvalue weighted by atomic mass is 79.9. The fraction of sp³-hybridized carbons (Fsp3) is 0.111. The maximum Gasteiger partial charge on any atom is 0.150 e. The number of nitrogens with two attached hydrogens (primary N) is 1. The minimum absolute atomic E-state index is 0.572. The number of nitrogens with zero attached hydrogens (tertiary/aromatic N) is 3. The van der Waals surface area contributed by atoms with Crippen LogP contribution < -0.4 is 5.73 Å². The fourth-order valence-electron chi connectivity index (χ4n) is 1.16. The number of aryl methyl sites for hydroxylation is 1. The molecule has 5 heteroatoms. The van der Waals surface area contributed by atoms with Crippen LogP contribution in [-0.4, -0.2) is 15.0 Å². The molecule has 0 amide bonds. The van der Waals surface area contributed by atoms with Crippen LogP contribution in [0.2, 0.25) is 0 Å². The third kappa shape index (κ3) is 1.50. The van der Waals surface area contributed by atoms with Crippen molar-refractivity contribution in [1.29, 1.82) is 0 Å². The van der Waals surface area contributed by atoms with E-state index in [-0.39, 0.29) is 0 Å². The molecule has 0 spiro atoms. The second-order valence-electron chi connectivity index (χ2n) is 2.95. The van der Waals surface area contributed by atoms with E-state index < -0.39 is 0 Å². The van der Waals surface area contributed by atoms with E-state index in [0.29, 0.717) is 5.82 Å². The van der Waals surface area contributed by atoms with Crippen LogP contribution in [0.5, 0.6) is 0 Å². The third-order valence-electron chi connectivity index (χ3n) is 1.94. The molecule has 0 aliphatic rings. The predicted molar refractivity (Wildman–Crippen MR) is 58.2 cm³/mol. The van der Waals surface area contributed by atoms with Crippen LogP contribution in [-0.2, 0) is 0 Å². The average molecular weight is 253 g/mol. The summed E-state index contributed by atoms with van der Waals surface area (Å²) < 4.78 is 2.60. The standard InChI is InChI=1S/C9H9BrN4/c1-6-9(11)14(13-12-6)8-4-2-3-7(10)5-8/h2-5H,11H2,1H3. The minimum atomic E-state index is 0.572. The smallest absolute Gasteiger partial charge is 0.150 e. The van der Waals surface area contributed by atoms with E-state index in [1.165, 1.54) is 0 Å². The highest BCUT2D eigenvalue weighted by molar-refractivity contribution is 9.10. The molecule has 0 unspecified atom stereocenters. The molecule has 0 aliphatic heterocycles. The molecular weight excluding hydrogens is 244 g/mol. The van der Waals surface area contributed by atoms with Crippen LogP contribution in [0.25, 0.3) is 5.69 Å². The van der Waals surface area contributed by atoms with Gasteiger partial charge in [-0.05, 0) is 25.1 Å². The first-order valence-electron chi connectivity index (χ1n) is 4.12. The van der Waals surface area contributed by atoms with Crippen molar-refractivity contribution < 1.29 is 0 Å². The van der Waals surface area contributed by atoms with Crippen LogP contribution in [0.15, 0.2) is 28.7 Å². The SMILES string of the molecule is Cc1nnn(-c2cccc(Br)c2)c1N. The maximum atomic E-state index is 5.81. The Bertz CT molecular complexity index is 464. The maximum absolute atomic E-state index is 5.81. The molecule has 0 bridgehead atoms. The number of anilines is 1. The van der Waals surface area contributed by atoms with Gasteiger partial charge in [0.25, 0.3) is 0 Å². The summed E-state index contributed by atoms with van der Waals surface area (Å²) in [5.74, 6) is 0.572. The zero-order valence-corrected chi connectivity index (χ0v) is 9.19. The summed E-state index contributed by atoms with van der Waals surface area (Å²) in [4.78, 5) is 0. The van der Waals surface area contributed by atoms with Crippen molar-refractivity contribution in [3.63, 3.8) is 0 Å². The second-order valence-corrected chi connectivity index (χ2v) is 3.87. The van der Waals surface area contributed by atoms with Gasteiger partial charge in [-0.1, -0.05) is 27.2 Å². The zero-order chi connectivity index (χ0) is 10.1. The van der Waals surface area contributed by atoms with Crippen molar-refractivity contribution in [2.45, 2.75) is 6.92 Å². The van der Waals surface area contributed by atoms with E-state index in [1.54, 1.807) is 4.68 Å². The molecule has 4 nitrogen and oxygen atoms in total. The normalized spacial score (nSPS) is 10.4. The number of rotatable bonds is 1. The largest absolute Gasteiger partial charge is 0.382 e. The van der Waals surface area contributed by atoms with Gasteiger partial charge in [0, 0.05) is 4.47 Å².